The van der Waals surface area contributed by atoms with Gasteiger partial charge >= 0.3 is 0 Å². The average molecular weight is 370 g/mol. The normalized spacial score (nSPS) is 29.5. The summed E-state index contributed by atoms with van der Waals surface area (Å²) in [5.74, 6) is 0.893. The fourth-order valence-electron chi connectivity index (χ4n) is 4.69. The van der Waals surface area contributed by atoms with Crippen LogP contribution in [0.25, 0.3) is 0 Å². The predicted octanol–water partition coefficient (Wildman–Crippen LogP) is 3.86. The standard InChI is InChI=1S/C18H25Cl2N3O/c19-14-10-16(20)17(21-11-14)23-6-1-4-18(13-23)5-7-22(12-18)15-2-8-24-9-3-15/h10-11,15H,1-9,12-13H2/t18-/m1/s1. The first-order chi connectivity index (χ1) is 11.7. The molecular weight excluding hydrogens is 345 g/mol. The molecule has 6 heteroatoms. The van der Waals surface area contributed by atoms with E-state index in [4.69, 9.17) is 27.9 Å². The van der Waals surface area contributed by atoms with Crippen molar-refractivity contribution in [2.45, 2.75) is 38.1 Å². The molecule has 132 valence electrons. The van der Waals surface area contributed by atoms with Gasteiger partial charge in [-0.25, -0.2) is 4.98 Å². The lowest BCUT2D eigenvalue weighted by Crippen LogP contribution is -2.47. The zero-order chi connectivity index (χ0) is 16.6. The molecule has 0 saturated carbocycles. The minimum atomic E-state index is 0.390. The van der Waals surface area contributed by atoms with Crippen LogP contribution in [-0.2, 0) is 4.74 Å². The molecule has 24 heavy (non-hydrogen) atoms. The van der Waals surface area contributed by atoms with Crippen LogP contribution in [0.3, 0.4) is 0 Å². The Bertz CT molecular complexity index is 594. The summed E-state index contributed by atoms with van der Waals surface area (Å²) >= 11 is 12.4. The molecule has 3 aliphatic heterocycles. The maximum atomic E-state index is 6.40. The molecule has 1 aromatic heterocycles. The maximum absolute atomic E-state index is 6.40. The molecule has 4 heterocycles. The fourth-order valence-corrected chi connectivity index (χ4v) is 5.19. The number of halogens is 2. The van der Waals surface area contributed by atoms with Crippen LogP contribution in [0, 0.1) is 5.41 Å². The third-order valence-corrected chi connectivity index (χ3v) is 6.41. The Morgan fingerprint density at radius 3 is 2.75 bits per heavy atom. The van der Waals surface area contributed by atoms with E-state index in [0.29, 0.717) is 21.5 Å². The van der Waals surface area contributed by atoms with Crippen molar-refractivity contribution in [2.75, 3.05) is 44.3 Å². The number of likely N-dealkylation sites (tertiary alicyclic amines) is 1. The van der Waals surface area contributed by atoms with Gasteiger partial charge in [0.25, 0.3) is 0 Å². The molecule has 0 amide bonds. The summed E-state index contributed by atoms with van der Waals surface area (Å²) in [6, 6.07) is 2.51. The van der Waals surface area contributed by atoms with E-state index in [1.165, 1.54) is 45.2 Å². The number of hydrogen-bond donors (Lipinski definition) is 0. The van der Waals surface area contributed by atoms with Gasteiger partial charge in [0, 0.05) is 50.5 Å². The van der Waals surface area contributed by atoms with E-state index in [1.54, 1.807) is 12.3 Å². The van der Waals surface area contributed by atoms with Crippen molar-refractivity contribution < 1.29 is 4.74 Å². The lowest BCUT2D eigenvalue weighted by atomic mass is 9.79. The second kappa shape index (κ2) is 6.99. The largest absolute Gasteiger partial charge is 0.381 e. The van der Waals surface area contributed by atoms with E-state index in [1.807, 2.05) is 0 Å². The molecule has 1 spiro atoms. The Morgan fingerprint density at radius 1 is 1.12 bits per heavy atom. The molecule has 1 aromatic rings. The molecule has 0 aliphatic carbocycles. The Hall–Kier alpha value is -0.550. The number of anilines is 1. The van der Waals surface area contributed by atoms with Crippen LogP contribution in [-0.4, -0.2) is 55.3 Å². The summed E-state index contributed by atoms with van der Waals surface area (Å²) in [7, 11) is 0. The van der Waals surface area contributed by atoms with Gasteiger partial charge in [-0.15, -0.1) is 0 Å². The number of nitrogens with zero attached hydrogens (tertiary/aromatic N) is 3. The molecule has 0 aromatic carbocycles. The summed E-state index contributed by atoms with van der Waals surface area (Å²) in [6.07, 6.45) is 7.88. The van der Waals surface area contributed by atoms with Crippen molar-refractivity contribution in [2.24, 2.45) is 5.41 Å². The van der Waals surface area contributed by atoms with Crippen molar-refractivity contribution in [1.29, 1.82) is 0 Å². The van der Waals surface area contributed by atoms with Crippen LogP contribution in [0.15, 0.2) is 12.3 Å². The van der Waals surface area contributed by atoms with E-state index >= 15 is 0 Å². The SMILES string of the molecule is Clc1cnc(N2CCC[C@]3(CCN(C4CCOCC4)C3)C2)c(Cl)c1. The van der Waals surface area contributed by atoms with Gasteiger partial charge in [0.1, 0.15) is 5.82 Å². The van der Waals surface area contributed by atoms with Crippen molar-refractivity contribution >= 4 is 29.0 Å². The Labute approximate surface area is 154 Å². The van der Waals surface area contributed by atoms with Gasteiger partial charge in [-0.05, 0) is 44.7 Å². The third kappa shape index (κ3) is 3.39. The van der Waals surface area contributed by atoms with Gasteiger partial charge in [0.15, 0.2) is 0 Å². The van der Waals surface area contributed by atoms with E-state index in [-0.39, 0.29) is 0 Å². The van der Waals surface area contributed by atoms with Crippen molar-refractivity contribution in [3.63, 3.8) is 0 Å². The van der Waals surface area contributed by atoms with E-state index in [0.717, 1.165) is 32.1 Å². The zero-order valence-corrected chi connectivity index (χ0v) is 15.5. The molecule has 0 N–H and O–H groups in total. The highest BCUT2D eigenvalue weighted by molar-refractivity contribution is 6.36. The van der Waals surface area contributed by atoms with Gasteiger partial charge < -0.3 is 9.64 Å². The second-order valence-corrected chi connectivity index (χ2v) is 8.39. The van der Waals surface area contributed by atoms with E-state index < -0.39 is 0 Å². The number of hydrogen-bond acceptors (Lipinski definition) is 4. The number of ether oxygens (including phenoxy) is 1. The lowest BCUT2D eigenvalue weighted by Gasteiger charge is -2.42. The molecule has 0 bridgehead atoms. The topological polar surface area (TPSA) is 28.6 Å². The summed E-state index contributed by atoms with van der Waals surface area (Å²) in [6.45, 7) is 6.36. The highest BCUT2D eigenvalue weighted by Gasteiger charge is 2.43. The Kier molecular flexibility index (Phi) is 4.92. The zero-order valence-electron chi connectivity index (χ0n) is 14.0. The third-order valence-electron chi connectivity index (χ3n) is 5.92. The van der Waals surface area contributed by atoms with E-state index in [2.05, 4.69) is 14.8 Å². The summed E-state index contributed by atoms with van der Waals surface area (Å²) in [5, 5.41) is 1.26. The summed E-state index contributed by atoms with van der Waals surface area (Å²) < 4.78 is 5.53. The monoisotopic (exact) mass is 369 g/mol. The lowest BCUT2D eigenvalue weighted by molar-refractivity contribution is 0.0375. The molecule has 4 nitrogen and oxygen atoms in total. The summed E-state index contributed by atoms with van der Waals surface area (Å²) in [4.78, 5) is 9.58. The van der Waals surface area contributed by atoms with Gasteiger partial charge in [-0.2, -0.15) is 0 Å². The van der Waals surface area contributed by atoms with Crippen LogP contribution in [0.4, 0.5) is 5.82 Å². The number of rotatable bonds is 2. The fraction of sp³-hybridized carbons (Fsp3) is 0.722. The van der Waals surface area contributed by atoms with Crippen LogP contribution >= 0.6 is 23.2 Å². The smallest absolute Gasteiger partial charge is 0.147 e. The molecule has 3 fully saturated rings. The average Bonchev–Trinajstić information content (AvgIpc) is 2.99. The molecule has 0 unspecified atom stereocenters. The van der Waals surface area contributed by atoms with Crippen molar-refractivity contribution in [1.82, 2.24) is 9.88 Å². The first kappa shape index (κ1) is 16.9. The summed E-state index contributed by atoms with van der Waals surface area (Å²) in [5.41, 5.74) is 0.390. The van der Waals surface area contributed by atoms with Gasteiger partial charge in [-0.1, -0.05) is 23.2 Å². The van der Waals surface area contributed by atoms with Gasteiger partial charge in [0.2, 0.25) is 0 Å². The minimum absolute atomic E-state index is 0.390. The minimum Gasteiger partial charge on any atom is -0.381 e. The van der Waals surface area contributed by atoms with Gasteiger partial charge in [0.05, 0.1) is 10.0 Å². The number of piperidine rings is 1. The molecule has 0 radical (unpaired) electrons. The molecule has 1 atom stereocenters. The van der Waals surface area contributed by atoms with E-state index in [9.17, 15) is 0 Å². The van der Waals surface area contributed by atoms with Crippen LogP contribution in [0.1, 0.15) is 32.1 Å². The van der Waals surface area contributed by atoms with Crippen molar-refractivity contribution in [3.05, 3.63) is 22.3 Å². The Morgan fingerprint density at radius 2 is 1.96 bits per heavy atom. The first-order valence-corrected chi connectivity index (χ1v) is 9.79. The number of aromatic nitrogens is 1. The van der Waals surface area contributed by atoms with Crippen LogP contribution in [0.5, 0.6) is 0 Å². The first-order valence-electron chi connectivity index (χ1n) is 9.03. The predicted molar refractivity (Wildman–Crippen MR) is 98.2 cm³/mol. The second-order valence-electron chi connectivity index (χ2n) is 7.55. The quantitative estimate of drug-likeness (QED) is 0.791. The van der Waals surface area contributed by atoms with Crippen molar-refractivity contribution in [3.8, 4) is 0 Å². The molecule has 3 saturated heterocycles. The van der Waals surface area contributed by atoms with Crippen LogP contribution in [0.2, 0.25) is 10.0 Å². The highest BCUT2D eigenvalue weighted by Crippen LogP contribution is 2.42. The van der Waals surface area contributed by atoms with Crippen LogP contribution < -0.4 is 4.90 Å². The Balaban J connectivity index is 1.46. The molecule has 4 rings (SSSR count). The molecule has 3 aliphatic rings. The number of pyridine rings is 1. The highest BCUT2D eigenvalue weighted by atomic mass is 35.5. The van der Waals surface area contributed by atoms with Gasteiger partial charge in [-0.3, -0.25) is 4.90 Å². The maximum Gasteiger partial charge on any atom is 0.147 e. The molecular formula is C18H25Cl2N3O.